The lowest BCUT2D eigenvalue weighted by molar-refractivity contribution is 0.0919. The highest BCUT2D eigenvalue weighted by Crippen LogP contribution is 2.29. The van der Waals surface area contributed by atoms with Gasteiger partial charge in [0.25, 0.3) is 0 Å². The third kappa shape index (κ3) is 4.25. The molecule has 0 N–H and O–H groups in total. The number of Topliss-reactive ketones (excluding diaryl/α,β-unsaturated/α-hetero) is 1. The van der Waals surface area contributed by atoms with E-state index in [1.165, 1.54) is 0 Å². The summed E-state index contributed by atoms with van der Waals surface area (Å²) >= 11 is 0. The molecule has 0 bridgehead atoms. The van der Waals surface area contributed by atoms with Crippen molar-refractivity contribution in [2.75, 3.05) is 43.8 Å². The van der Waals surface area contributed by atoms with Gasteiger partial charge in [-0.2, -0.15) is 0 Å². The van der Waals surface area contributed by atoms with E-state index in [1.807, 2.05) is 78.9 Å². The summed E-state index contributed by atoms with van der Waals surface area (Å²) in [6.45, 7) is 2.05. The van der Waals surface area contributed by atoms with Gasteiger partial charge in [0.05, 0.1) is 26.8 Å². The van der Waals surface area contributed by atoms with E-state index in [0.29, 0.717) is 19.8 Å². The SMILES string of the molecule is COc1ccc(N2CC(C(=O)c3ccccc3)CN(c3ccc(OC)cc3)C2)cc1. The second-order valence-corrected chi connectivity index (χ2v) is 7.41. The van der Waals surface area contributed by atoms with E-state index in [-0.39, 0.29) is 11.7 Å². The van der Waals surface area contributed by atoms with Crippen molar-refractivity contribution in [2.45, 2.75) is 0 Å². The van der Waals surface area contributed by atoms with E-state index in [4.69, 9.17) is 9.47 Å². The summed E-state index contributed by atoms with van der Waals surface area (Å²) in [7, 11) is 3.33. The largest absolute Gasteiger partial charge is 0.497 e. The Kier molecular flexibility index (Phi) is 5.89. The van der Waals surface area contributed by atoms with Crippen LogP contribution in [0, 0.1) is 5.92 Å². The van der Waals surface area contributed by atoms with E-state index in [1.54, 1.807) is 14.2 Å². The van der Waals surface area contributed by atoms with Crippen LogP contribution >= 0.6 is 0 Å². The highest BCUT2D eigenvalue weighted by Gasteiger charge is 2.31. The van der Waals surface area contributed by atoms with Crippen LogP contribution in [0.25, 0.3) is 0 Å². The Morgan fingerprint density at radius 3 is 1.63 bits per heavy atom. The number of carbonyl (C=O) groups excluding carboxylic acids is 1. The van der Waals surface area contributed by atoms with Crippen LogP contribution in [0.1, 0.15) is 10.4 Å². The summed E-state index contributed by atoms with van der Waals surface area (Å²) in [6, 6.07) is 25.5. The monoisotopic (exact) mass is 402 g/mol. The highest BCUT2D eigenvalue weighted by molar-refractivity contribution is 5.98. The molecule has 0 amide bonds. The summed E-state index contributed by atoms with van der Waals surface area (Å²) < 4.78 is 10.6. The van der Waals surface area contributed by atoms with Crippen LogP contribution in [0.4, 0.5) is 11.4 Å². The topological polar surface area (TPSA) is 42.0 Å². The Morgan fingerprint density at radius 1 is 0.733 bits per heavy atom. The third-order valence-electron chi connectivity index (χ3n) is 5.53. The van der Waals surface area contributed by atoms with Crippen LogP contribution in [0.15, 0.2) is 78.9 Å². The molecule has 4 rings (SSSR count). The lowest BCUT2D eigenvalue weighted by Crippen LogP contribution is -2.52. The molecule has 0 aliphatic carbocycles. The number of hydrogen-bond acceptors (Lipinski definition) is 5. The summed E-state index contributed by atoms with van der Waals surface area (Å²) in [5, 5.41) is 0. The van der Waals surface area contributed by atoms with Crippen LogP contribution in [0.2, 0.25) is 0 Å². The molecule has 0 radical (unpaired) electrons. The van der Waals surface area contributed by atoms with Gasteiger partial charge in [-0.1, -0.05) is 30.3 Å². The minimum atomic E-state index is -0.134. The summed E-state index contributed by atoms with van der Waals surface area (Å²) in [4.78, 5) is 17.8. The number of carbonyl (C=O) groups is 1. The van der Waals surface area contributed by atoms with Crippen molar-refractivity contribution in [3.05, 3.63) is 84.4 Å². The van der Waals surface area contributed by atoms with Crippen molar-refractivity contribution >= 4 is 17.2 Å². The predicted octanol–water partition coefficient (Wildman–Crippen LogP) is 4.49. The van der Waals surface area contributed by atoms with Gasteiger partial charge < -0.3 is 19.3 Å². The van der Waals surface area contributed by atoms with Crippen LogP contribution in [0.3, 0.4) is 0 Å². The van der Waals surface area contributed by atoms with Gasteiger partial charge in [-0.3, -0.25) is 4.79 Å². The van der Waals surface area contributed by atoms with E-state index < -0.39 is 0 Å². The summed E-state index contributed by atoms with van der Waals surface area (Å²) in [5.74, 6) is 1.68. The number of nitrogens with zero attached hydrogens (tertiary/aromatic N) is 2. The molecule has 0 aromatic heterocycles. The Balaban J connectivity index is 1.63. The fourth-order valence-corrected chi connectivity index (χ4v) is 3.88. The maximum atomic E-state index is 13.3. The first-order valence-electron chi connectivity index (χ1n) is 10.0. The predicted molar refractivity (Wildman–Crippen MR) is 120 cm³/mol. The number of ether oxygens (including phenoxy) is 2. The van der Waals surface area contributed by atoms with Crippen LogP contribution in [-0.4, -0.2) is 39.8 Å². The number of hydrogen-bond donors (Lipinski definition) is 0. The Hall–Kier alpha value is -3.47. The molecule has 5 heteroatoms. The van der Waals surface area contributed by atoms with Crippen molar-refractivity contribution in [3.63, 3.8) is 0 Å². The van der Waals surface area contributed by atoms with Gasteiger partial charge in [-0.05, 0) is 48.5 Å². The molecule has 1 aliphatic rings. The molecule has 3 aromatic carbocycles. The highest BCUT2D eigenvalue weighted by atomic mass is 16.5. The van der Waals surface area contributed by atoms with Gasteiger partial charge in [0, 0.05) is 30.0 Å². The molecular formula is C25H26N2O3. The zero-order valence-corrected chi connectivity index (χ0v) is 17.3. The molecule has 1 fully saturated rings. The van der Waals surface area contributed by atoms with Gasteiger partial charge in [0.15, 0.2) is 5.78 Å². The van der Waals surface area contributed by atoms with E-state index in [2.05, 4.69) is 9.80 Å². The maximum Gasteiger partial charge on any atom is 0.169 e. The average molecular weight is 402 g/mol. The fraction of sp³-hybridized carbons (Fsp3) is 0.240. The Bertz CT molecular complexity index is 916. The Morgan fingerprint density at radius 2 is 1.20 bits per heavy atom. The molecular weight excluding hydrogens is 376 g/mol. The molecule has 5 nitrogen and oxygen atoms in total. The number of benzene rings is 3. The van der Waals surface area contributed by atoms with Crippen molar-refractivity contribution < 1.29 is 14.3 Å². The molecule has 154 valence electrons. The van der Waals surface area contributed by atoms with Gasteiger partial charge in [-0.15, -0.1) is 0 Å². The van der Waals surface area contributed by atoms with E-state index >= 15 is 0 Å². The van der Waals surface area contributed by atoms with Crippen molar-refractivity contribution in [2.24, 2.45) is 5.92 Å². The van der Waals surface area contributed by atoms with Gasteiger partial charge in [-0.25, -0.2) is 0 Å². The van der Waals surface area contributed by atoms with E-state index in [0.717, 1.165) is 28.4 Å². The number of anilines is 2. The van der Waals surface area contributed by atoms with Crippen LogP contribution in [-0.2, 0) is 0 Å². The first-order chi connectivity index (χ1) is 14.7. The molecule has 0 unspecified atom stereocenters. The summed E-state index contributed by atoms with van der Waals surface area (Å²) in [6.07, 6.45) is 0. The lowest BCUT2D eigenvalue weighted by Gasteiger charge is -2.42. The molecule has 1 aliphatic heterocycles. The molecule has 3 aromatic rings. The molecule has 1 heterocycles. The summed E-state index contributed by atoms with van der Waals surface area (Å²) in [5.41, 5.74) is 2.90. The first kappa shape index (κ1) is 19.8. The molecule has 0 atom stereocenters. The number of methoxy groups -OCH3 is 2. The van der Waals surface area contributed by atoms with Gasteiger partial charge in [0.2, 0.25) is 0 Å². The minimum Gasteiger partial charge on any atom is -0.497 e. The first-order valence-corrected chi connectivity index (χ1v) is 10.0. The van der Waals surface area contributed by atoms with Crippen LogP contribution < -0.4 is 19.3 Å². The normalized spacial score (nSPS) is 14.5. The molecule has 30 heavy (non-hydrogen) atoms. The fourth-order valence-electron chi connectivity index (χ4n) is 3.88. The number of rotatable bonds is 6. The zero-order valence-electron chi connectivity index (χ0n) is 17.3. The second-order valence-electron chi connectivity index (χ2n) is 7.41. The van der Waals surface area contributed by atoms with Gasteiger partial charge in [0.1, 0.15) is 11.5 Å². The van der Waals surface area contributed by atoms with Crippen molar-refractivity contribution in [3.8, 4) is 11.5 Å². The molecule has 1 saturated heterocycles. The van der Waals surface area contributed by atoms with E-state index in [9.17, 15) is 4.79 Å². The average Bonchev–Trinajstić information content (AvgIpc) is 2.84. The maximum absolute atomic E-state index is 13.3. The number of ketones is 1. The van der Waals surface area contributed by atoms with Crippen LogP contribution in [0.5, 0.6) is 11.5 Å². The molecule has 0 spiro atoms. The molecule has 0 saturated carbocycles. The van der Waals surface area contributed by atoms with Gasteiger partial charge >= 0.3 is 0 Å². The second kappa shape index (κ2) is 8.91. The zero-order chi connectivity index (χ0) is 20.9. The Labute approximate surface area is 177 Å². The van der Waals surface area contributed by atoms with Crippen molar-refractivity contribution in [1.82, 2.24) is 0 Å². The van der Waals surface area contributed by atoms with Crippen molar-refractivity contribution in [1.29, 1.82) is 0 Å². The quantitative estimate of drug-likeness (QED) is 0.569. The smallest absolute Gasteiger partial charge is 0.169 e. The lowest BCUT2D eigenvalue weighted by atomic mass is 9.94. The third-order valence-corrected chi connectivity index (χ3v) is 5.53. The standard InChI is InChI=1S/C25H26N2O3/c1-29-23-12-8-21(9-13-23)26-16-20(25(28)19-6-4-3-5-7-19)17-27(18-26)22-10-14-24(30-2)15-11-22/h3-15,20H,16-18H2,1-2H3. The minimum absolute atomic E-state index is 0.134.